The number of ketones is 1. The second-order valence-corrected chi connectivity index (χ2v) is 8.27. The van der Waals surface area contributed by atoms with Crippen LogP contribution in [0.25, 0.3) is 10.9 Å². The molecule has 1 fully saturated rings. The van der Waals surface area contributed by atoms with E-state index in [-0.39, 0.29) is 5.78 Å². The number of carbonyl (C=O) groups is 1. The van der Waals surface area contributed by atoms with Crippen molar-refractivity contribution in [2.45, 2.75) is 25.5 Å². The van der Waals surface area contributed by atoms with Gasteiger partial charge in [0, 0.05) is 46.9 Å². The van der Waals surface area contributed by atoms with Gasteiger partial charge in [0.05, 0.1) is 18.8 Å². The summed E-state index contributed by atoms with van der Waals surface area (Å²) < 4.78 is 5.44. The number of H-pyrrole nitrogens is 1. The Kier molecular flexibility index (Phi) is 4.03. The Morgan fingerprint density at radius 1 is 1.28 bits per heavy atom. The molecule has 0 radical (unpaired) electrons. The molecule has 1 aliphatic heterocycles. The lowest BCUT2D eigenvalue weighted by Gasteiger charge is -2.34. The normalized spacial score (nSPS) is 19.2. The highest BCUT2D eigenvalue weighted by Gasteiger charge is 2.40. The number of aliphatic hydroxyl groups is 1. The highest BCUT2D eigenvalue weighted by atomic mass is 16.5. The third-order valence-electron chi connectivity index (χ3n) is 6.16. The lowest BCUT2D eigenvalue weighted by molar-refractivity contribution is 0.103. The van der Waals surface area contributed by atoms with Crippen LogP contribution in [0.2, 0.25) is 0 Å². The number of morpholine rings is 1. The molecule has 0 bridgehead atoms. The van der Waals surface area contributed by atoms with Crippen LogP contribution in [0.4, 0.5) is 5.82 Å². The maximum atomic E-state index is 13.4. The van der Waals surface area contributed by atoms with Gasteiger partial charge in [-0.3, -0.25) is 4.79 Å². The number of hydrogen-bond donors (Lipinski definition) is 3. The van der Waals surface area contributed by atoms with E-state index < -0.39 is 11.6 Å². The van der Waals surface area contributed by atoms with Crippen molar-refractivity contribution in [3.05, 3.63) is 58.4 Å². The summed E-state index contributed by atoms with van der Waals surface area (Å²) in [5.74, 6) is 0.851. The van der Waals surface area contributed by atoms with E-state index in [4.69, 9.17) is 10.5 Å². The molecule has 0 saturated carbocycles. The fourth-order valence-electron chi connectivity index (χ4n) is 4.48. The number of benzene rings is 1. The average Bonchev–Trinajstić information content (AvgIpc) is 3.12. The molecule has 4 N–H and O–H groups in total. The van der Waals surface area contributed by atoms with Crippen molar-refractivity contribution < 1.29 is 14.6 Å². The van der Waals surface area contributed by atoms with Gasteiger partial charge in [0.2, 0.25) is 0 Å². The van der Waals surface area contributed by atoms with E-state index in [0.29, 0.717) is 29.9 Å². The first-order chi connectivity index (χ1) is 13.9. The summed E-state index contributed by atoms with van der Waals surface area (Å²) in [5, 5.41) is 10.6. The van der Waals surface area contributed by atoms with Crippen LogP contribution in [0, 0.1) is 0 Å². The Labute approximate surface area is 168 Å². The molecule has 29 heavy (non-hydrogen) atoms. The Bertz CT molecular complexity index is 1130. The molecule has 2 aliphatic rings. The minimum absolute atomic E-state index is 0.0253. The molecular weight excluding hydrogens is 368 g/mol. The monoisotopic (exact) mass is 392 g/mol. The molecular formula is C22H24N4O3. The van der Waals surface area contributed by atoms with Crippen molar-refractivity contribution in [2.75, 3.05) is 31.2 Å². The summed E-state index contributed by atoms with van der Waals surface area (Å²) in [5.41, 5.74) is 9.79. The maximum absolute atomic E-state index is 13.4. The van der Waals surface area contributed by atoms with Gasteiger partial charge in [-0.1, -0.05) is 26.0 Å². The van der Waals surface area contributed by atoms with Gasteiger partial charge in [-0.15, -0.1) is 0 Å². The number of nitrogens with one attached hydrogen (secondary N) is 1. The van der Waals surface area contributed by atoms with Crippen molar-refractivity contribution in [1.82, 2.24) is 9.97 Å². The second kappa shape index (κ2) is 6.38. The fourth-order valence-corrected chi connectivity index (χ4v) is 4.48. The third-order valence-corrected chi connectivity index (χ3v) is 6.16. The Morgan fingerprint density at radius 2 is 2.03 bits per heavy atom. The zero-order chi connectivity index (χ0) is 20.3. The molecule has 1 saturated heterocycles. The Balaban J connectivity index is 1.67. The van der Waals surface area contributed by atoms with Crippen LogP contribution in [0.3, 0.4) is 0 Å². The number of rotatable bonds is 2. The highest BCUT2D eigenvalue weighted by Crippen LogP contribution is 2.44. The number of nitrogens with zero attached hydrogens (tertiary/aromatic N) is 2. The summed E-state index contributed by atoms with van der Waals surface area (Å²) in [6.07, 6.45) is 0.658. The van der Waals surface area contributed by atoms with Crippen LogP contribution >= 0.6 is 0 Å². The Morgan fingerprint density at radius 3 is 2.76 bits per heavy atom. The number of aromatic amines is 1. The van der Waals surface area contributed by atoms with Crippen LogP contribution in [0.1, 0.15) is 52.8 Å². The van der Waals surface area contributed by atoms with Gasteiger partial charge in [-0.05, 0) is 23.3 Å². The largest absolute Gasteiger partial charge is 0.378 e. The third kappa shape index (κ3) is 2.69. The molecule has 1 atom stereocenters. The summed E-state index contributed by atoms with van der Waals surface area (Å²) in [6, 6.07) is 7.47. The smallest absolute Gasteiger partial charge is 0.197 e. The quantitative estimate of drug-likeness (QED) is 0.578. The van der Waals surface area contributed by atoms with Crippen LogP contribution < -0.4 is 10.6 Å². The fraction of sp³-hybridized carbons (Fsp3) is 0.364. The number of nitrogens with two attached hydrogens (primary N) is 1. The molecule has 3 heterocycles. The van der Waals surface area contributed by atoms with Gasteiger partial charge >= 0.3 is 0 Å². The number of carbonyl (C=O) groups excluding carboxylic acids is 1. The molecule has 7 nitrogen and oxygen atoms in total. The van der Waals surface area contributed by atoms with Crippen molar-refractivity contribution in [3.8, 4) is 0 Å². The molecule has 7 heteroatoms. The van der Waals surface area contributed by atoms with Crippen LogP contribution in [-0.4, -0.2) is 47.2 Å². The predicted molar refractivity (Wildman–Crippen MR) is 110 cm³/mol. The van der Waals surface area contributed by atoms with E-state index in [1.54, 1.807) is 12.3 Å². The molecule has 1 aliphatic carbocycles. The number of anilines is 1. The molecule has 150 valence electrons. The van der Waals surface area contributed by atoms with Crippen molar-refractivity contribution >= 4 is 22.5 Å². The van der Waals surface area contributed by atoms with Crippen molar-refractivity contribution in [3.63, 3.8) is 0 Å². The first-order valence-electron chi connectivity index (χ1n) is 9.85. The molecule has 1 unspecified atom stereocenters. The van der Waals surface area contributed by atoms with Crippen LogP contribution in [0.15, 0.2) is 30.5 Å². The van der Waals surface area contributed by atoms with Gasteiger partial charge in [0.1, 0.15) is 12.0 Å². The lowest BCUT2D eigenvalue weighted by atomic mass is 9.72. The SMILES string of the molecule is CC1(C)c2cc(N3CCOCC3)ncc2C(=O)c2c1[nH]c1cc(C(N)O)ccc21. The molecule has 5 rings (SSSR count). The standard InChI is InChI=1S/C22H24N4O3/c1-22(2)15-10-17(26-5-7-29-8-6-26)24-11-14(15)19(27)18-13-4-3-12(21(23)28)9-16(13)25-20(18)22/h3-4,9-11,21,25,28H,5-8,23H2,1-2H3. The molecule has 1 aromatic carbocycles. The van der Waals surface area contributed by atoms with E-state index in [1.807, 2.05) is 18.2 Å². The molecule has 2 aromatic heterocycles. The van der Waals surface area contributed by atoms with Gasteiger partial charge in [-0.2, -0.15) is 0 Å². The van der Waals surface area contributed by atoms with E-state index >= 15 is 0 Å². The number of aliphatic hydroxyl groups excluding tert-OH is 1. The number of pyridine rings is 1. The minimum atomic E-state index is -1.05. The molecule has 3 aromatic rings. The van der Waals surface area contributed by atoms with E-state index in [1.165, 1.54) is 0 Å². The van der Waals surface area contributed by atoms with Gasteiger partial charge in [0.15, 0.2) is 5.78 Å². The zero-order valence-corrected chi connectivity index (χ0v) is 16.5. The van der Waals surface area contributed by atoms with Crippen LogP contribution in [0.5, 0.6) is 0 Å². The van der Waals surface area contributed by atoms with Gasteiger partial charge < -0.3 is 25.5 Å². The van der Waals surface area contributed by atoms with E-state index in [0.717, 1.165) is 41.1 Å². The van der Waals surface area contributed by atoms with Crippen LogP contribution in [-0.2, 0) is 10.2 Å². The molecule has 0 spiro atoms. The maximum Gasteiger partial charge on any atom is 0.197 e. The van der Waals surface area contributed by atoms with Crippen molar-refractivity contribution in [2.24, 2.45) is 5.73 Å². The lowest BCUT2D eigenvalue weighted by Crippen LogP contribution is -2.37. The molecule has 0 amide bonds. The topological polar surface area (TPSA) is 104 Å². The minimum Gasteiger partial charge on any atom is -0.378 e. The van der Waals surface area contributed by atoms with E-state index in [9.17, 15) is 9.90 Å². The average molecular weight is 392 g/mol. The van der Waals surface area contributed by atoms with E-state index in [2.05, 4.69) is 28.7 Å². The number of ether oxygens (including phenoxy) is 1. The number of fused-ring (bicyclic) bond motifs is 4. The van der Waals surface area contributed by atoms with Crippen molar-refractivity contribution in [1.29, 1.82) is 0 Å². The van der Waals surface area contributed by atoms with Gasteiger partial charge in [-0.25, -0.2) is 4.98 Å². The summed E-state index contributed by atoms with van der Waals surface area (Å²) in [7, 11) is 0. The summed E-state index contributed by atoms with van der Waals surface area (Å²) >= 11 is 0. The zero-order valence-electron chi connectivity index (χ0n) is 16.5. The van der Waals surface area contributed by atoms with Gasteiger partial charge in [0.25, 0.3) is 0 Å². The first-order valence-corrected chi connectivity index (χ1v) is 9.85. The summed E-state index contributed by atoms with van der Waals surface area (Å²) in [4.78, 5) is 23.6. The summed E-state index contributed by atoms with van der Waals surface area (Å²) in [6.45, 7) is 7.19. The first kappa shape index (κ1) is 18.3. The number of aromatic nitrogens is 2. The highest BCUT2D eigenvalue weighted by molar-refractivity contribution is 6.20. The number of hydrogen-bond acceptors (Lipinski definition) is 6. The Hall–Kier alpha value is -2.74. The second-order valence-electron chi connectivity index (χ2n) is 8.27. The predicted octanol–water partition coefficient (Wildman–Crippen LogP) is 2.22.